The summed E-state index contributed by atoms with van der Waals surface area (Å²) in [5.74, 6) is 0.00449. The van der Waals surface area contributed by atoms with Gasteiger partial charge < -0.3 is 15.8 Å². The number of ether oxygens (including phenoxy) is 1. The molecule has 1 aromatic carbocycles. The van der Waals surface area contributed by atoms with Crippen molar-refractivity contribution in [1.82, 2.24) is 5.32 Å². The molecule has 3 rings (SSSR count). The molecule has 0 saturated heterocycles. The average molecular weight is 339 g/mol. The number of halogens is 1. The molecule has 1 aliphatic heterocycles. The lowest BCUT2D eigenvalue weighted by molar-refractivity contribution is 0.0957. The van der Waals surface area contributed by atoms with Crippen LogP contribution in [0, 0.1) is 0 Å². The molecule has 118 valence electrons. The van der Waals surface area contributed by atoms with Gasteiger partial charge >= 0.3 is 0 Å². The Hall–Kier alpha value is -1.56. The molecule has 0 bridgehead atoms. The zero-order chi connectivity index (χ0) is 14.7. The second-order valence-corrected chi connectivity index (χ2v) is 6.25. The number of fused-ring (bicyclic) bond motifs is 1. The van der Waals surface area contributed by atoms with E-state index in [1.165, 1.54) is 10.4 Å². The van der Waals surface area contributed by atoms with Crippen LogP contribution in [-0.4, -0.2) is 19.1 Å². The van der Waals surface area contributed by atoms with Crippen LogP contribution in [0.1, 0.15) is 25.7 Å². The second-order valence-electron chi connectivity index (χ2n) is 5.11. The van der Waals surface area contributed by atoms with Gasteiger partial charge in [-0.1, -0.05) is 12.1 Å². The van der Waals surface area contributed by atoms with Crippen LogP contribution in [0.15, 0.2) is 30.3 Å². The fourth-order valence-corrected chi connectivity index (χ4v) is 3.42. The molecule has 1 aromatic heterocycles. The highest BCUT2D eigenvalue weighted by molar-refractivity contribution is 7.14. The van der Waals surface area contributed by atoms with Crippen molar-refractivity contribution in [3.8, 4) is 0 Å². The summed E-state index contributed by atoms with van der Waals surface area (Å²) >= 11 is 1.58. The fraction of sp³-hybridized carbons (Fsp3) is 0.312. The third-order valence-electron chi connectivity index (χ3n) is 3.53. The van der Waals surface area contributed by atoms with Crippen molar-refractivity contribution in [3.05, 3.63) is 51.2 Å². The highest BCUT2D eigenvalue weighted by Crippen LogP contribution is 2.26. The lowest BCUT2D eigenvalue weighted by atomic mass is 10.1. The summed E-state index contributed by atoms with van der Waals surface area (Å²) < 4.78 is 5.40. The summed E-state index contributed by atoms with van der Waals surface area (Å²) in [6, 6.07) is 9.69. The first-order chi connectivity index (χ1) is 10.2. The summed E-state index contributed by atoms with van der Waals surface area (Å²) in [5, 5.41) is 2.97. The lowest BCUT2D eigenvalue weighted by Crippen LogP contribution is -2.24. The summed E-state index contributed by atoms with van der Waals surface area (Å²) in [6.45, 7) is 2.01. The van der Waals surface area contributed by atoms with Crippen LogP contribution in [0.5, 0.6) is 0 Å². The van der Waals surface area contributed by atoms with Gasteiger partial charge in [0.25, 0.3) is 5.91 Å². The maximum Gasteiger partial charge on any atom is 0.261 e. The first-order valence-electron chi connectivity index (χ1n) is 7.04. The molecule has 4 nitrogen and oxygen atoms in total. The van der Waals surface area contributed by atoms with Gasteiger partial charge in [0.1, 0.15) is 0 Å². The Kier molecular flexibility index (Phi) is 5.83. The largest absolute Gasteiger partial charge is 0.399 e. The number of nitrogens with one attached hydrogen (secondary N) is 1. The van der Waals surface area contributed by atoms with E-state index < -0.39 is 0 Å². The average Bonchev–Trinajstić information content (AvgIpc) is 2.93. The fourth-order valence-electron chi connectivity index (χ4n) is 2.35. The second kappa shape index (κ2) is 7.63. The molecule has 0 fully saturated rings. The Morgan fingerprint density at radius 3 is 2.82 bits per heavy atom. The molecular weight excluding hydrogens is 320 g/mol. The molecule has 6 heteroatoms. The van der Waals surface area contributed by atoms with Crippen LogP contribution in [0.3, 0.4) is 0 Å². The third kappa shape index (κ3) is 4.00. The van der Waals surface area contributed by atoms with Gasteiger partial charge in [-0.2, -0.15) is 0 Å². The van der Waals surface area contributed by atoms with Gasteiger partial charge in [-0.3, -0.25) is 4.79 Å². The number of nitrogen functional groups attached to an aromatic ring is 1. The molecule has 0 saturated carbocycles. The van der Waals surface area contributed by atoms with Gasteiger partial charge in [0.2, 0.25) is 0 Å². The predicted octanol–water partition coefficient (Wildman–Crippen LogP) is 2.80. The van der Waals surface area contributed by atoms with Crippen LogP contribution < -0.4 is 11.1 Å². The summed E-state index contributed by atoms with van der Waals surface area (Å²) in [6.07, 6.45) is 1.72. The van der Waals surface area contributed by atoms with E-state index in [2.05, 4.69) is 5.32 Å². The van der Waals surface area contributed by atoms with E-state index >= 15 is 0 Å². The predicted molar refractivity (Wildman–Crippen MR) is 91.8 cm³/mol. The highest BCUT2D eigenvalue weighted by Gasteiger charge is 2.17. The molecule has 0 spiro atoms. The molecule has 0 radical (unpaired) electrons. The van der Waals surface area contributed by atoms with Gasteiger partial charge in [-0.25, -0.2) is 0 Å². The summed E-state index contributed by atoms with van der Waals surface area (Å²) in [7, 11) is 0. The first-order valence-corrected chi connectivity index (χ1v) is 7.86. The first kappa shape index (κ1) is 16.8. The van der Waals surface area contributed by atoms with E-state index in [0.717, 1.165) is 35.6 Å². The zero-order valence-corrected chi connectivity index (χ0v) is 13.8. The van der Waals surface area contributed by atoms with Crippen molar-refractivity contribution < 1.29 is 9.53 Å². The van der Waals surface area contributed by atoms with E-state index in [9.17, 15) is 4.79 Å². The standard InChI is InChI=1S/C16H18N2O2S.ClH/c17-13-3-1-11(2-4-13)5-7-18-16(19)15-9-12-10-20-8-6-14(12)21-15;/h1-4,9H,5-8,10,17H2,(H,18,19);1H. The Labute approximate surface area is 140 Å². The maximum absolute atomic E-state index is 12.1. The van der Waals surface area contributed by atoms with Crippen molar-refractivity contribution >= 4 is 35.3 Å². The van der Waals surface area contributed by atoms with Crippen LogP contribution >= 0.6 is 23.7 Å². The van der Waals surface area contributed by atoms with Crippen molar-refractivity contribution in [3.63, 3.8) is 0 Å². The van der Waals surface area contributed by atoms with Crippen molar-refractivity contribution in [1.29, 1.82) is 0 Å². The molecular formula is C16H19ClN2O2S. The van der Waals surface area contributed by atoms with E-state index in [4.69, 9.17) is 10.5 Å². The molecule has 0 aliphatic carbocycles. The van der Waals surface area contributed by atoms with Crippen LogP contribution in [0.4, 0.5) is 5.69 Å². The monoisotopic (exact) mass is 338 g/mol. The van der Waals surface area contributed by atoms with Gasteiger partial charge in [0, 0.05) is 23.5 Å². The Balaban J connectivity index is 0.00000176. The molecule has 2 aromatic rings. The molecule has 0 atom stereocenters. The number of carbonyl (C=O) groups is 1. The van der Waals surface area contributed by atoms with Crippen molar-refractivity contribution in [2.45, 2.75) is 19.4 Å². The molecule has 1 aliphatic rings. The van der Waals surface area contributed by atoms with Crippen LogP contribution in [0.25, 0.3) is 0 Å². The number of thiophene rings is 1. The Bertz CT molecular complexity index is 617. The third-order valence-corrected chi connectivity index (χ3v) is 4.77. The van der Waals surface area contributed by atoms with Gasteiger partial charge in [0.15, 0.2) is 0 Å². The summed E-state index contributed by atoms with van der Waals surface area (Å²) in [5.41, 5.74) is 8.74. The normalized spacial score (nSPS) is 13.1. The van der Waals surface area contributed by atoms with E-state index in [-0.39, 0.29) is 18.3 Å². The SMILES string of the molecule is Cl.Nc1ccc(CCNC(=O)c2cc3c(s2)CCOC3)cc1. The quantitative estimate of drug-likeness (QED) is 0.842. The summed E-state index contributed by atoms with van der Waals surface area (Å²) in [4.78, 5) is 14.2. The number of carbonyl (C=O) groups excluding carboxylic acids is 1. The lowest BCUT2D eigenvalue weighted by Gasteiger charge is -2.10. The van der Waals surface area contributed by atoms with Gasteiger partial charge in [-0.15, -0.1) is 23.7 Å². The molecule has 0 unspecified atom stereocenters. The maximum atomic E-state index is 12.1. The number of rotatable bonds is 4. The number of amides is 1. The van der Waals surface area contributed by atoms with Gasteiger partial charge in [0.05, 0.1) is 18.1 Å². The van der Waals surface area contributed by atoms with E-state index in [0.29, 0.717) is 13.2 Å². The minimum atomic E-state index is 0. The minimum Gasteiger partial charge on any atom is -0.399 e. The Morgan fingerprint density at radius 1 is 1.32 bits per heavy atom. The van der Waals surface area contributed by atoms with E-state index in [1.807, 2.05) is 30.3 Å². The molecule has 2 heterocycles. The van der Waals surface area contributed by atoms with E-state index in [1.54, 1.807) is 11.3 Å². The topological polar surface area (TPSA) is 64.3 Å². The smallest absolute Gasteiger partial charge is 0.261 e. The van der Waals surface area contributed by atoms with Gasteiger partial charge in [-0.05, 0) is 35.7 Å². The molecule has 3 N–H and O–H groups in total. The van der Waals surface area contributed by atoms with Crippen LogP contribution in [-0.2, 0) is 24.2 Å². The van der Waals surface area contributed by atoms with Crippen LogP contribution in [0.2, 0.25) is 0 Å². The van der Waals surface area contributed by atoms with Crippen molar-refractivity contribution in [2.75, 3.05) is 18.9 Å². The molecule has 22 heavy (non-hydrogen) atoms. The number of hydrogen-bond acceptors (Lipinski definition) is 4. The number of anilines is 1. The zero-order valence-electron chi connectivity index (χ0n) is 12.1. The highest BCUT2D eigenvalue weighted by atomic mass is 35.5. The van der Waals surface area contributed by atoms with Crippen molar-refractivity contribution in [2.24, 2.45) is 0 Å². The number of hydrogen-bond donors (Lipinski definition) is 2. The number of benzene rings is 1. The number of nitrogens with two attached hydrogens (primary N) is 1. The minimum absolute atomic E-state index is 0. The molecule has 1 amide bonds. The Morgan fingerprint density at radius 2 is 2.09 bits per heavy atom.